The normalized spacial score (nSPS) is 13.3. The van der Waals surface area contributed by atoms with Crippen molar-refractivity contribution < 1.29 is 0 Å². The van der Waals surface area contributed by atoms with Crippen LogP contribution in [0.15, 0.2) is 224 Å². The number of rotatable bonds is 3. The van der Waals surface area contributed by atoms with Crippen LogP contribution < -0.4 is 0 Å². The summed E-state index contributed by atoms with van der Waals surface area (Å²) in [4.78, 5) is 16.5. The maximum atomic E-state index is 5.51. The Morgan fingerprint density at radius 3 is 1.10 bits per heavy atom. The summed E-state index contributed by atoms with van der Waals surface area (Å²) in [5.74, 6) is 1.73. The molecule has 3 aromatic heterocycles. The molecule has 1 spiro atoms. The molecule has 16 rings (SSSR count). The zero-order valence-corrected chi connectivity index (χ0v) is 37.1. The standard InChI is InChI=1S/C64H37N5/c1-3-19-41-39(17-1)40-18-2-4-20-42(40)50-37-56-52(36-49(41)50)51-35-38(33-34-55(51)64(56)53-27-11-5-21-43(53)44-22-6-12-28-54(44)64)61-65-62(68-57-29-13-7-23-45(57)46-24-8-14-30-58(46)68)67-63(66-61)69-59-31-15-9-25-47(59)48-26-10-16-32-60(48)69/h1-37H. The van der Waals surface area contributed by atoms with Gasteiger partial charge in [-0.2, -0.15) is 15.0 Å². The van der Waals surface area contributed by atoms with E-state index < -0.39 is 5.41 Å². The lowest BCUT2D eigenvalue weighted by Crippen LogP contribution is -2.25. The summed E-state index contributed by atoms with van der Waals surface area (Å²) in [7, 11) is 0. The predicted octanol–water partition coefficient (Wildman–Crippen LogP) is 15.5. The van der Waals surface area contributed by atoms with Crippen LogP contribution in [-0.4, -0.2) is 24.1 Å². The van der Waals surface area contributed by atoms with E-state index in [4.69, 9.17) is 15.0 Å². The fraction of sp³-hybridized carbons (Fsp3) is 0.0156. The maximum absolute atomic E-state index is 5.51. The number of para-hydroxylation sites is 4. The van der Waals surface area contributed by atoms with E-state index in [2.05, 4.69) is 234 Å². The summed E-state index contributed by atoms with van der Waals surface area (Å²) in [6.45, 7) is 0. The smallest absolute Gasteiger partial charge is 0.240 e. The molecule has 0 saturated carbocycles. The minimum Gasteiger partial charge on any atom is -0.278 e. The number of fused-ring (bicyclic) bond motifs is 22. The molecular weight excluding hydrogens is 839 g/mol. The molecule has 318 valence electrons. The minimum atomic E-state index is -0.543. The molecular formula is C64H37N5. The van der Waals surface area contributed by atoms with Gasteiger partial charge in [-0.1, -0.05) is 182 Å². The largest absolute Gasteiger partial charge is 0.278 e. The average molecular weight is 876 g/mol. The second kappa shape index (κ2) is 13.5. The second-order valence-corrected chi connectivity index (χ2v) is 18.6. The average Bonchev–Trinajstić information content (AvgIpc) is 4.12. The van der Waals surface area contributed by atoms with Gasteiger partial charge in [-0.3, -0.25) is 9.13 Å². The Morgan fingerprint density at radius 2 is 0.623 bits per heavy atom. The Kier molecular flexibility index (Phi) is 7.21. The monoisotopic (exact) mass is 875 g/mol. The molecule has 14 aromatic rings. The van der Waals surface area contributed by atoms with Crippen molar-refractivity contribution in [2.45, 2.75) is 5.41 Å². The van der Waals surface area contributed by atoms with Crippen molar-refractivity contribution in [1.29, 1.82) is 0 Å². The molecule has 0 bridgehead atoms. The van der Waals surface area contributed by atoms with E-state index >= 15 is 0 Å². The van der Waals surface area contributed by atoms with Crippen molar-refractivity contribution in [2.24, 2.45) is 0 Å². The Hall–Kier alpha value is -9.19. The van der Waals surface area contributed by atoms with E-state index in [1.807, 2.05) is 0 Å². The summed E-state index contributed by atoms with van der Waals surface area (Å²) in [5.41, 5.74) is 14.7. The number of nitrogens with zero attached hydrogens (tertiary/aromatic N) is 5. The van der Waals surface area contributed by atoms with Crippen LogP contribution in [0.5, 0.6) is 0 Å². The first kappa shape index (κ1) is 37.0. The molecule has 2 aliphatic carbocycles. The first-order valence-electron chi connectivity index (χ1n) is 23.7. The van der Waals surface area contributed by atoms with E-state index in [0.29, 0.717) is 17.7 Å². The predicted molar refractivity (Wildman–Crippen MR) is 283 cm³/mol. The van der Waals surface area contributed by atoms with Gasteiger partial charge in [0.2, 0.25) is 11.9 Å². The van der Waals surface area contributed by atoms with E-state index in [0.717, 1.165) is 49.2 Å². The van der Waals surface area contributed by atoms with Crippen molar-refractivity contribution in [3.8, 4) is 45.5 Å². The quantitative estimate of drug-likeness (QED) is 0.166. The highest BCUT2D eigenvalue weighted by atomic mass is 15.3. The van der Waals surface area contributed by atoms with Gasteiger partial charge in [0.25, 0.3) is 0 Å². The molecule has 0 radical (unpaired) electrons. The summed E-state index contributed by atoms with van der Waals surface area (Å²) in [5, 5.41) is 12.2. The molecule has 5 heteroatoms. The van der Waals surface area contributed by atoms with Crippen molar-refractivity contribution in [3.05, 3.63) is 247 Å². The molecule has 0 amide bonds. The van der Waals surface area contributed by atoms with Crippen LogP contribution in [0.4, 0.5) is 0 Å². The number of hydrogen-bond donors (Lipinski definition) is 0. The Labute approximate surface area is 395 Å². The molecule has 5 nitrogen and oxygen atoms in total. The maximum Gasteiger partial charge on any atom is 0.240 e. The molecule has 0 N–H and O–H groups in total. The van der Waals surface area contributed by atoms with Gasteiger partial charge in [-0.25, -0.2) is 0 Å². The molecule has 69 heavy (non-hydrogen) atoms. The minimum absolute atomic E-state index is 0.543. The number of benzene rings is 11. The van der Waals surface area contributed by atoms with Crippen molar-refractivity contribution >= 4 is 75.9 Å². The lowest BCUT2D eigenvalue weighted by Gasteiger charge is -2.30. The summed E-state index contributed by atoms with van der Waals surface area (Å²) < 4.78 is 4.41. The Morgan fingerprint density at radius 1 is 0.261 bits per heavy atom. The molecule has 0 fully saturated rings. The number of hydrogen-bond acceptors (Lipinski definition) is 3. The van der Waals surface area contributed by atoms with E-state index in [1.165, 1.54) is 76.8 Å². The highest BCUT2D eigenvalue weighted by Crippen LogP contribution is 2.64. The van der Waals surface area contributed by atoms with Gasteiger partial charge in [-0.05, 0) is 119 Å². The van der Waals surface area contributed by atoms with Gasteiger partial charge in [0, 0.05) is 27.1 Å². The highest BCUT2D eigenvalue weighted by Gasteiger charge is 2.52. The van der Waals surface area contributed by atoms with Crippen molar-refractivity contribution in [2.75, 3.05) is 0 Å². The highest BCUT2D eigenvalue weighted by molar-refractivity contribution is 6.26. The molecule has 0 atom stereocenters. The molecule has 2 aliphatic rings. The number of aromatic nitrogens is 5. The zero-order valence-electron chi connectivity index (χ0n) is 37.1. The molecule has 0 aliphatic heterocycles. The Bertz CT molecular complexity index is 4290. The summed E-state index contributed by atoms with van der Waals surface area (Å²) >= 11 is 0. The zero-order chi connectivity index (χ0) is 45.0. The van der Waals surface area contributed by atoms with Gasteiger partial charge >= 0.3 is 0 Å². The molecule has 3 heterocycles. The fourth-order valence-electron chi connectivity index (χ4n) is 12.6. The second-order valence-electron chi connectivity index (χ2n) is 18.6. The van der Waals surface area contributed by atoms with Crippen LogP contribution in [0, 0.1) is 0 Å². The lowest BCUT2D eigenvalue weighted by atomic mass is 9.70. The van der Waals surface area contributed by atoms with Gasteiger partial charge in [-0.15, -0.1) is 0 Å². The van der Waals surface area contributed by atoms with Crippen LogP contribution in [0.2, 0.25) is 0 Å². The van der Waals surface area contributed by atoms with Crippen LogP contribution in [-0.2, 0) is 5.41 Å². The molecule has 0 unspecified atom stereocenters. The van der Waals surface area contributed by atoms with Crippen LogP contribution in [0.25, 0.3) is 121 Å². The van der Waals surface area contributed by atoms with E-state index in [9.17, 15) is 0 Å². The Balaban J connectivity index is 1.02. The third kappa shape index (κ3) is 4.75. The van der Waals surface area contributed by atoms with Gasteiger partial charge in [0.1, 0.15) is 0 Å². The summed E-state index contributed by atoms with van der Waals surface area (Å²) in [6.07, 6.45) is 0. The summed E-state index contributed by atoms with van der Waals surface area (Å²) in [6, 6.07) is 82.1. The third-order valence-electron chi connectivity index (χ3n) is 15.4. The van der Waals surface area contributed by atoms with Crippen LogP contribution >= 0.6 is 0 Å². The van der Waals surface area contributed by atoms with Crippen LogP contribution in [0.1, 0.15) is 22.3 Å². The molecule has 11 aromatic carbocycles. The van der Waals surface area contributed by atoms with Crippen molar-refractivity contribution in [1.82, 2.24) is 24.1 Å². The van der Waals surface area contributed by atoms with Gasteiger partial charge < -0.3 is 0 Å². The van der Waals surface area contributed by atoms with Crippen LogP contribution in [0.3, 0.4) is 0 Å². The van der Waals surface area contributed by atoms with Crippen molar-refractivity contribution in [3.63, 3.8) is 0 Å². The topological polar surface area (TPSA) is 48.5 Å². The first-order valence-corrected chi connectivity index (χ1v) is 23.7. The fourth-order valence-corrected chi connectivity index (χ4v) is 12.6. The molecule has 0 saturated heterocycles. The third-order valence-corrected chi connectivity index (χ3v) is 15.4. The lowest BCUT2D eigenvalue weighted by molar-refractivity contribution is 0.795. The SMILES string of the molecule is c1ccc2c(c1)-c1ccccc1C21c2ccc(-c3nc(-n4c5ccccc5c5ccccc54)nc(-n4c5ccccc5c5ccccc54)n3)cc2-c2cc3c4ccccc4c4ccccc4c3cc21. The van der Waals surface area contributed by atoms with Gasteiger partial charge in [0.15, 0.2) is 5.82 Å². The van der Waals surface area contributed by atoms with E-state index in [-0.39, 0.29) is 0 Å². The van der Waals surface area contributed by atoms with Gasteiger partial charge in [0.05, 0.1) is 27.5 Å². The van der Waals surface area contributed by atoms with E-state index in [1.54, 1.807) is 0 Å². The first-order chi connectivity index (χ1) is 34.2.